The minimum Gasteiger partial charge on any atom is -0.460 e. The van der Waals surface area contributed by atoms with Crippen molar-refractivity contribution < 1.29 is 76.0 Å². The lowest BCUT2D eigenvalue weighted by atomic mass is 10.1. The maximum Gasteiger partial charge on any atom is 0.330 e. The Labute approximate surface area is 318 Å². The molecule has 0 N–H and O–H groups in total. The van der Waals surface area contributed by atoms with E-state index in [9.17, 15) is 14.4 Å². The molecule has 1 aliphatic rings. The number of benzene rings is 1. The lowest BCUT2D eigenvalue weighted by Gasteiger charge is -2.13. The molecular formula is C37H59NO16. The van der Waals surface area contributed by atoms with Gasteiger partial charge in [0.25, 0.3) is 11.8 Å². The van der Waals surface area contributed by atoms with E-state index in [0.29, 0.717) is 163 Å². The Morgan fingerprint density at radius 2 is 0.667 bits per heavy atom. The van der Waals surface area contributed by atoms with E-state index >= 15 is 0 Å². The second-order valence-electron chi connectivity index (χ2n) is 11.0. The highest BCUT2D eigenvalue weighted by atomic mass is 16.6. The zero-order valence-electron chi connectivity index (χ0n) is 31.5. The number of nitrogens with zero attached hydrogens (tertiary/aromatic N) is 1. The predicted molar refractivity (Wildman–Crippen MR) is 193 cm³/mol. The first kappa shape index (κ1) is 47.2. The second-order valence-corrected chi connectivity index (χ2v) is 11.0. The van der Waals surface area contributed by atoms with Crippen LogP contribution in [0.15, 0.2) is 36.9 Å². The van der Waals surface area contributed by atoms with Crippen LogP contribution in [0.5, 0.6) is 0 Å². The van der Waals surface area contributed by atoms with Crippen LogP contribution in [0.3, 0.4) is 0 Å². The molecule has 1 aromatic carbocycles. The first-order valence-electron chi connectivity index (χ1n) is 18.3. The van der Waals surface area contributed by atoms with Crippen molar-refractivity contribution >= 4 is 17.8 Å². The fourth-order valence-corrected chi connectivity index (χ4v) is 4.38. The Bertz CT molecular complexity index is 1070. The molecule has 1 aliphatic heterocycles. The molecule has 308 valence electrons. The van der Waals surface area contributed by atoms with Gasteiger partial charge in [0, 0.05) is 6.08 Å². The number of ether oxygens (including phenoxy) is 13. The SMILES string of the molecule is C=CC(=O)OCCOCCOCCOCCOCCOCCOCCOCCOCCOCCOCCOCCOCCN1C(=O)c2ccccc2C1=O. The topological polar surface area (TPSA) is 174 Å². The molecule has 0 saturated heterocycles. The number of imide groups is 1. The van der Waals surface area contributed by atoms with Crippen molar-refractivity contribution in [1.29, 1.82) is 0 Å². The van der Waals surface area contributed by atoms with E-state index in [1.165, 1.54) is 4.90 Å². The Morgan fingerprint density at radius 3 is 0.926 bits per heavy atom. The zero-order valence-corrected chi connectivity index (χ0v) is 31.5. The van der Waals surface area contributed by atoms with Gasteiger partial charge in [0.05, 0.1) is 176 Å². The average molecular weight is 774 g/mol. The normalized spacial score (nSPS) is 12.5. The first-order valence-corrected chi connectivity index (χ1v) is 18.3. The number of carbonyl (C=O) groups excluding carboxylic acids is 3. The smallest absolute Gasteiger partial charge is 0.330 e. The molecule has 0 fully saturated rings. The average Bonchev–Trinajstić information content (AvgIpc) is 3.43. The van der Waals surface area contributed by atoms with Crippen LogP contribution < -0.4 is 0 Å². The number of esters is 1. The van der Waals surface area contributed by atoms with E-state index in [0.717, 1.165) is 6.08 Å². The monoisotopic (exact) mass is 773 g/mol. The summed E-state index contributed by atoms with van der Waals surface area (Å²) in [6, 6.07) is 6.80. The molecule has 1 heterocycles. The minimum atomic E-state index is -0.465. The van der Waals surface area contributed by atoms with Crippen molar-refractivity contribution in [3.8, 4) is 0 Å². The van der Waals surface area contributed by atoms with E-state index in [4.69, 9.17) is 61.6 Å². The van der Waals surface area contributed by atoms with Gasteiger partial charge in [-0.25, -0.2) is 4.79 Å². The summed E-state index contributed by atoms with van der Waals surface area (Å²) >= 11 is 0. The lowest BCUT2D eigenvalue weighted by molar-refractivity contribution is -0.139. The summed E-state index contributed by atoms with van der Waals surface area (Å²) in [5.74, 6) is -1.03. The summed E-state index contributed by atoms with van der Waals surface area (Å²) in [4.78, 5) is 36.7. The van der Waals surface area contributed by atoms with Crippen molar-refractivity contribution in [1.82, 2.24) is 4.90 Å². The third-order valence-corrected chi connectivity index (χ3v) is 7.07. The fraction of sp³-hybridized carbons (Fsp3) is 0.703. The van der Waals surface area contributed by atoms with Gasteiger partial charge in [-0.15, -0.1) is 0 Å². The summed E-state index contributed by atoms with van der Waals surface area (Å²) in [5, 5.41) is 0. The van der Waals surface area contributed by atoms with Crippen LogP contribution >= 0.6 is 0 Å². The molecule has 0 unspecified atom stereocenters. The molecule has 0 spiro atoms. The first-order chi connectivity index (χ1) is 26.6. The van der Waals surface area contributed by atoms with E-state index in [-0.39, 0.29) is 31.6 Å². The van der Waals surface area contributed by atoms with Gasteiger partial charge in [0.1, 0.15) is 6.61 Å². The van der Waals surface area contributed by atoms with Crippen LogP contribution in [-0.4, -0.2) is 194 Å². The van der Waals surface area contributed by atoms with Crippen LogP contribution in [0, 0.1) is 0 Å². The van der Waals surface area contributed by atoms with Crippen LogP contribution in [-0.2, 0) is 66.4 Å². The van der Waals surface area contributed by atoms with Gasteiger partial charge in [-0.3, -0.25) is 14.5 Å². The van der Waals surface area contributed by atoms with Crippen molar-refractivity contribution in [3.05, 3.63) is 48.0 Å². The molecule has 54 heavy (non-hydrogen) atoms. The zero-order chi connectivity index (χ0) is 38.6. The van der Waals surface area contributed by atoms with Crippen molar-refractivity contribution in [3.63, 3.8) is 0 Å². The van der Waals surface area contributed by atoms with Crippen molar-refractivity contribution in [2.24, 2.45) is 0 Å². The van der Waals surface area contributed by atoms with Gasteiger partial charge in [0.15, 0.2) is 0 Å². The second kappa shape index (κ2) is 34.6. The van der Waals surface area contributed by atoms with Gasteiger partial charge < -0.3 is 61.6 Å². The molecule has 0 saturated carbocycles. The summed E-state index contributed by atoms with van der Waals surface area (Å²) in [5.41, 5.74) is 0.875. The number of carbonyl (C=O) groups is 3. The fourth-order valence-electron chi connectivity index (χ4n) is 4.38. The largest absolute Gasteiger partial charge is 0.460 e. The van der Waals surface area contributed by atoms with Gasteiger partial charge in [-0.2, -0.15) is 0 Å². The Kier molecular flexibility index (Phi) is 30.2. The molecule has 2 amide bonds. The highest BCUT2D eigenvalue weighted by Gasteiger charge is 2.34. The van der Waals surface area contributed by atoms with Crippen molar-refractivity contribution in [2.75, 3.05) is 172 Å². The standard InChI is InChI=1S/C37H59NO16/c1-2-35(39)54-32-31-53-30-29-52-28-27-51-26-25-50-24-23-49-22-21-48-20-19-47-18-17-46-16-15-45-14-13-44-12-11-43-10-9-42-8-7-38-36(40)33-5-3-4-6-34(33)37(38)41/h2-6H,1,7-32H2. The molecule has 0 radical (unpaired) electrons. The highest BCUT2D eigenvalue weighted by molar-refractivity contribution is 6.21. The molecule has 0 atom stereocenters. The summed E-state index contributed by atoms with van der Waals surface area (Å²) in [6.07, 6.45) is 1.11. The number of rotatable bonds is 40. The molecular weight excluding hydrogens is 714 g/mol. The summed E-state index contributed by atoms with van der Waals surface area (Å²) in [7, 11) is 0. The molecule has 2 rings (SSSR count). The van der Waals surface area contributed by atoms with Crippen LogP contribution in [0.2, 0.25) is 0 Å². The maximum atomic E-state index is 12.3. The van der Waals surface area contributed by atoms with Crippen LogP contribution in [0.4, 0.5) is 0 Å². The molecule has 0 aliphatic carbocycles. The third kappa shape index (κ3) is 24.5. The number of fused-ring (bicyclic) bond motifs is 1. The maximum absolute atomic E-state index is 12.3. The van der Waals surface area contributed by atoms with E-state index < -0.39 is 5.97 Å². The van der Waals surface area contributed by atoms with Gasteiger partial charge in [-0.1, -0.05) is 18.7 Å². The summed E-state index contributed by atoms with van der Waals surface area (Å²) in [6.45, 7) is 14.3. The van der Waals surface area contributed by atoms with E-state index in [2.05, 4.69) is 6.58 Å². The molecule has 17 heteroatoms. The molecule has 1 aromatic rings. The Morgan fingerprint density at radius 1 is 0.426 bits per heavy atom. The lowest BCUT2D eigenvalue weighted by Crippen LogP contribution is -2.33. The summed E-state index contributed by atoms with van der Waals surface area (Å²) < 4.78 is 70.1. The van der Waals surface area contributed by atoms with Crippen molar-refractivity contribution in [2.45, 2.75) is 0 Å². The molecule has 0 aromatic heterocycles. The van der Waals surface area contributed by atoms with Gasteiger partial charge >= 0.3 is 5.97 Å². The molecule has 0 bridgehead atoms. The Balaban J connectivity index is 1.15. The van der Waals surface area contributed by atoms with Crippen LogP contribution in [0.25, 0.3) is 0 Å². The Hall–Kier alpha value is -2.91. The van der Waals surface area contributed by atoms with Gasteiger partial charge in [0.2, 0.25) is 0 Å². The van der Waals surface area contributed by atoms with Crippen LogP contribution in [0.1, 0.15) is 20.7 Å². The third-order valence-electron chi connectivity index (χ3n) is 7.07. The van der Waals surface area contributed by atoms with E-state index in [1.807, 2.05) is 0 Å². The van der Waals surface area contributed by atoms with Gasteiger partial charge in [-0.05, 0) is 12.1 Å². The number of hydrogen-bond donors (Lipinski definition) is 0. The number of amides is 2. The minimum absolute atomic E-state index is 0.190. The van der Waals surface area contributed by atoms with E-state index in [1.54, 1.807) is 24.3 Å². The quantitative estimate of drug-likeness (QED) is 0.0403. The number of hydrogen-bond acceptors (Lipinski definition) is 16. The highest BCUT2D eigenvalue weighted by Crippen LogP contribution is 2.21. The predicted octanol–water partition coefficient (Wildman–Crippen LogP) is 1.21. The molecule has 17 nitrogen and oxygen atoms in total.